The standard InChI is InChI=1S/C23H28N2O/c1-19-9-10-22(20(2)17-19)11-12-23(26)25-14-6-13-24(15-16-25)18-21-7-4-3-5-8-21/h3-5,7-12,17H,6,13-16,18H2,1-2H3/b12-11+. The van der Waals surface area contributed by atoms with Crippen molar-refractivity contribution in [3.63, 3.8) is 0 Å². The van der Waals surface area contributed by atoms with Gasteiger partial charge in [0.25, 0.3) is 0 Å². The quantitative estimate of drug-likeness (QED) is 0.778. The number of aryl methyl sites for hydroxylation is 2. The lowest BCUT2D eigenvalue weighted by Crippen LogP contribution is -2.34. The van der Waals surface area contributed by atoms with Gasteiger partial charge in [0.2, 0.25) is 5.91 Å². The molecule has 1 aliphatic heterocycles. The highest BCUT2D eigenvalue weighted by Gasteiger charge is 2.17. The van der Waals surface area contributed by atoms with E-state index in [2.05, 4.69) is 67.3 Å². The van der Waals surface area contributed by atoms with Crippen LogP contribution in [-0.2, 0) is 11.3 Å². The molecule has 2 aromatic rings. The average molecular weight is 348 g/mol. The van der Waals surface area contributed by atoms with Crippen LogP contribution in [-0.4, -0.2) is 41.9 Å². The van der Waals surface area contributed by atoms with Gasteiger partial charge in [-0.15, -0.1) is 0 Å². The average Bonchev–Trinajstić information content (AvgIpc) is 2.87. The maximum absolute atomic E-state index is 12.6. The first kappa shape index (κ1) is 18.4. The van der Waals surface area contributed by atoms with Crippen molar-refractivity contribution in [2.24, 2.45) is 0 Å². The Balaban J connectivity index is 1.56. The SMILES string of the molecule is Cc1ccc(/C=C/C(=O)N2CCCN(Cc3ccccc3)CC2)c(C)c1. The zero-order valence-corrected chi connectivity index (χ0v) is 15.8. The Labute approximate surface area is 156 Å². The van der Waals surface area contributed by atoms with Gasteiger partial charge in [-0.25, -0.2) is 0 Å². The second kappa shape index (κ2) is 8.81. The van der Waals surface area contributed by atoms with E-state index in [9.17, 15) is 4.79 Å². The summed E-state index contributed by atoms with van der Waals surface area (Å²) in [5.74, 6) is 0.117. The molecule has 1 heterocycles. The Bertz CT molecular complexity index is 767. The molecule has 2 aromatic carbocycles. The Morgan fingerprint density at radius 2 is 1.81 bits per heavy atom. The number of hydrogen-bond acceptors (Lipinski definition) is 2. The van der Waals surface area contributed by atoms with E-state index in [1.54, 1.807) is 6.08 Å². The summed E-state index contributed by atoms with van der Waals surface area (Å²) in [6, 6.07) is 16.9. The molecule has 0 radical (unpaired) electrons. The minimum Gasteiger partial charge on any atom is -0.338 e. The van der Waals surface area contributed by atoms with Gasteiger partial charge in [0, 0.05) is 38.8 Å². The van der Waals surface area contributed by atoms with E-state index in [4.69, 9.17) is 0 Å². The Kier molecular flexibility index (Phi) is 6.24. The zero-order valence-electron chi connectivity index (χ0n) is 15.8. The van der Waals surface area contributed by atoms with Crippen LogP contribution in [0.15, 0.2) is 54.6 Å². The molecule has 3 nitrogen and oxygen atoms in total. The minimum absolute atomic E-state index is 0.117. The van der Waals surface area contributed by atoms with Gasteiger partial charge in [0.1, 0.15) is 0 Å². The van der Waals surface area contributed by atoms with Crippen LogP contribution < -0.4 is 0 Å². The first-order valence-corrected chi connectivity index (χ1v) is 9.42. The summed E-state index contributed by atoms with van der Waals surface area (Å²) in [5.41, 5.74) is 4.91. The zero-order chi connectivity index (χ0) is 18.4. The molecule has 3 rings (SSSR count). The predicted molar refractivity (Wildman–Crippen MR) is 108 cm³/mol. The largest absolute Gasteiger partial charge is 0.338 e. The number of carbonyl (C=O) groups is 1. The normalized spacial score (nSPS) is 16.0. The van der Waals surface area contributed by atoms with Gasteiger partial charge in [-0.2, -0.15) is 0 Å². The molecule has 0 atom stereocenters. The highest BCUT2D eigenvalue weighted by molar-refractivity contribution is 5.92. The minimum atomic E-state index is 0.117. The van der Waals surface area contributed by atoms with Gasteiger partial charge < -0.3 is 4.90 Å². The number of carbonyl (C=O) groups excluding carboxylic acids is 1. The lowest BCUT2D eigenvalue weighted by molar-refractivity contribution is -0.125. The third-order valence-corrected chi connectivity index (χ3v) is 4.98. The lowest BCUT2D eigenvalue weighted by Gasteiger charge is -2.21. The smallest absolute Gasteiger partial charge is 0.246 e. The molecule has 0 N–H and O–H groups in total. The second-order valence-electron chi connectivity index (χ2n) is 7.13. The molecular weight excluding hydrogens is 320 g/mol. The molecule has 3 heteroatoms. The monoisotopic (exact) mass is 348 g/mol. The number of benzene rings is 2. The number of hydrogen-bond donors (Lipinski definition) is 0. The topological polar surface area (TPSA) is 23.6 Å². The molecule has 26 heavy (non-hydrogen) atoms. The number of nitrogens with zero attached hydrogens (tertiary/aromatic N) is 2. The molecule has 0 aliphatic carbocycles. The van der Waals surface area contributed by atoms with Crippen molar-refractivity contribution in [1.82, 2.24) is 9.80 Å². The third-order valence-electron chi connectivity index (χ3n) is 4.98. The fraction of sp³-hybridized carbons (Fsp3) is 0.348. The van der Waals surface area contributed by atoms with Gasteiger partial charge in [-0.1, -0.05) is 54.1 Å². The first-order valence-electron chi connectivity index (χ1n) is 9.42. The summed E-state index contributed by atoms with van der Waals surface area (Å²) >= 11 is 0. The van der Waals surface area contributed by atoms with Crippen LogP contribution >= 0.6 is 0 Å². The molecule has 1 aliphatic rings. The summed E-state index contributed by atoms with van der Waals surface area (Å²) in [6.45, 7) is 8.73. The van der Waals surface area contributed by atoms with E-state index in [1.807, 2.05) is 11.0 Å². The van der Waals surface area contributed by atoms with E-state index in [0.29, 0.717) is 0 Å². The molecule has 1 amide bonds. The molecule has 0 unspecified atom stereocenters. The summed E-state index contributed by atoms with van der Waals surface area (Å²) < 4.78 is 0. The Morgan fingerprint density at radius 1 is 1.00 bits per heavy atom. The fourth-order valence-electron chi connectivity index (χ4n) is 3.47. The predicted octanol–water partition coefficient (Wildman–Crippen LogP) is 4.05. The van der Waals surface area contributed by atoms with Gasteiger partial charge in [0.15, 0.2) is 0 Å². The van der Waals surface area contributed by atoms with Crippen LogP contribution in [0, 0.1) is 13.8 Å². The first-order chi connectivity index (χ1) is 12.6. The maximum atomic E-state index is 12.6. The van der Waals surface area contributed by atoms with Crippen LogP contribution in [0.25, 0.3) is 6.08 Å². The van der Waals surface area contributed by atoms with Crippen LogP contribution in [0.5, 0.6) is 0 Å². The maximum Gasteiger partial charge on any atom is 0.246 e. The number of rotatable bonds is 4. The Hall–Kier alpha value is -2.39. The van der Waals surface area contributed by atoms with E-state index >= 15 is 0 Å². The van der Waals surface area contributed by atoms with Crippen LogP contribution in [0.3, 0.4) is 0 Å². The highest BCUT2D eigenvalue weighted by Crippen LogP contribution is 2.13. The van der Waals surface area contributed by atoms with Crippen molar-refractivity contribution in [2.45, 2.75) is 26.8 Å². The molecule has 136 valence electrons. The molecular formula is C23H28N2O. The molecule has 0 bridgehead atoms. The van der Waals surface area contributed by atoms with Crippen molar-refractivity contribution >= 4 is 12.0 Å². The van der Waals surface area contributed by atoms with E-state index < -0.39 is 0 Å². The van der Waals surface area contributed by atoms with Crippen molar-refractivity contribution in [3.05, 3.63) is 76.9 Å². The van der Waals surface area contributed by atoms with E-state index in [-0.39, 0.29) is 5.91 Å². The number of amides is 1. The second-order valence-corrected chi connectivity index (χ2v) is 7.13. The van der Waals surface area contributed by atoms with Crippen LogP contribution in [0.2, 0.25) is 0 Å². The van der Waals surface area contributed by atoms with Crippen molar-refractivity contribution < 1.29 is 4.79 Å². The highest BCUT2D eigenvalue weighted by atomic mass is 16.2. The Morgan fingerprint density at radius 3 is 2.58 bits per heavy atom. The molecule has 1 saturated heterocycles. The van der Waals surface area contributed by atoms with Crippen LogP contribution in [0.4, 0.5) is 0 Å². The summed E-state index contributed by atoms with van der Waals surface area (Å²) in [6.07, 6.45) is 4.70. The van der Waals surface area contributed by atoms with Gasteiger partial charge >= 0.3 is 0 Å². The van der Waals surface area contributed by atoms with Crippen molar-refractivity contribution in [1.29, 1.82) is 0 Å². The van der Waals surface area contributed by atoms with Crippen molar-refractivity contribution in [2.75, 3.05) is 26.2 Å². The fourth-order valence-corrected chi connectivity index (χ4v) is 3.47. The summed E-state index contributed by atoms with van der Waals surface area (Å²) in [7, 11) is 0. The van der Waals surface area contributed by atoms with E-state index in [1.165, 1.54) is 16.7 Å². The van der Waals surface area contributed by atoms with Gasteiger partial charge in [-0.05, 0) is 43.0 Å². The molecule has 1 fully saturated rings. The van der Waals surface area contributed by atoms with Crippen LogP contribution in [0.1, 0.15) is 28.7 Å². The summed E-state index contributed by atoms with van der Waals surface area (Å²) in [5, 5.41) is 0. The van der Waals surface area contributed by atoms with E-state index in [0.717, 1.165) is 44.7 Å². The third kappa shape index (κ3) is 5.06. The lowest BCUT2D eigenvalue weighted by atomic mass is 10.1. The molecule has 0 spiro atoms. The molecule has 0 saturated carbocycles. The summed E-state index contributed by atoms with van der Waals surface area (Å²) in [4.78, 5) is 17.0. The molecule has 0 aromatic heterocycles. The van der Waals surface area contributed by atoms with Crippen molar-refractivity contribution in [3.8, 4) is 0 Å². The van der Waals surface area contributed by atoms with Gasteiger partial charge in [-0.3, -0.25) is 9.69 Å². The van der Waals surface area contributed by atoms with Gasteiger partial charge in [0.05, 0.1) is 0 Å².